The van der Waals surface area contributed by atoms with Crippen LogP contribution in [-0.4, -0.2) is 5.91 Å². The van der Waals surface area contributed by atoms with Gasteiger partial charge in [0.25, 0.3) is 5.91 Å². The minimum Gasteiger partial charge on any atom is -0.321 e. The average Bonchev–Trinajstić information content (AvgIpc) is 2.50. The largest absolute Gasteiger partial charge is 0.321 e. The van der Waals surface area contributed by atoms with Gasteiger partial charge >= 0.3 is 0 Å². The SMILES string of the molecule is N#C/C(=C\c1ccc(F)c(F)c1)C(=O)Nc1ccc(Cl)cc1. The highest BCUT2D eigenvalue weighted by Crippen LogP contribution is 2.16. The number of carbonyl (C=O) groups is 1. The Morgan fingerprint density at radius 3 is 2.41 bits per heavy atom. The Balaban J connectivity index is 2.21. The first kappa shape index (κ1) is 15.7. The summed E-state index contributed by atoms with van der Waals surface area (Å²) in [6, 6.07) is 11.1. The Morgan fingerprint density at radius 1 is 1.14 bits per heavy atom. The van der Waals surface area contributed by atoms with E-state index in [1.165, 1.54) is 12.1 Å². The van der Waals surface area contributed by atoms with Crippen LogP contribution in [0.25, 0.3) is 6.08 Å². The van der Waals surface area contributed by atoms with E-state index in [0.29, 0.717) is 10.7 Å². The van der Waals surface area contributed by atoms with E-state index in [1.54, 1.807) is 30.3 Å². The summed E-state index contributed by atoms with van der Waals surface area (Å²) in [5, 5.41) is 12.1. The molecule has 3 nitrogen and oxygen atoms in total. The first-order valence-corrected chi connectivity index (χ1v) is 6.51. The van der Waals surface area contributed by atoms with E-state index in [9.17, 15) is 13.6 Å². The van der Waals surface area contributed by atoms with Gasteiger partial charge in [-0.1, -0.05) is 17.7 Å². The Labute approximate surface area is 130 Å². The molecule has 1 N–H and O–H groups in total. The molecule has 0 fully saturated rings. The molecule has 110 valence electrons. The molecule has 0 heterocycles. The van der Waals surface area contributed by atoms with E-state index >= 15 is 0 Å². The summed E-state index contributed by atoms with van der Waals surface area (Å²) >= 11 is 5.73. The quantitative estimate of drug-likeness (QED) is 0.682. The van der Waals surface area contributed by atoms with Gasteiger partial charge in [-0.3, -0.25) is 4.79 Å². The van der Waals surface area contributed by atoms with Gasteiger partial charge in [0.2, 0.25) is 0 Å². The molecule has 0 spiro atoms. The number of rotatable bonds is 3. The van der Waals surface area contributed by atoms with Gasteiger partial charge in [-0.25, -0.2) is 8.78 Å². The lowest BCUT2D eigenvalue weighted by Gasteiger charge is -2.04. The number of nitrogens with one attached hydrogen (secondary N) is 1. The maximum absolute atomic E-state index is 13.1. The lowest BCUT2D eigenvalue weighted by Crippen LogP contribution is -2.13. The average molecular weight is 319 g/mol. The van der Waals surface area contributed by atoms with E-state index in [2.05, 4.69) is 5.32 Å². The van der Waals surface area contributed by atoms with Crippen LogP contribution in [-0.2, 0) is 4.79 Å². The number of anilines is 1. The third kappa shape index (κ3) is 3.90. The Bertz CT molecular complexity index is 780. The normalized spacial score (nSPS) is 10.9. The molecule has 2 aromatic rings. The summed E-state index contributed by atoms with van der Waals surface area (Å²) in [6.45, 7) is 0. The molecule has 0 aliphatic rings. The number of carbonyl (C=O) groups excluding carboxylic acids is 1. The summed E-state index contributed by atoms with van der Waals surface area (Å²) in [7, 11) is 0. The number of hydrogen-bond acceptors (Lipinski definition) is 2. The smallest absolute Gasteiger partial charge is 0.266 e. The molecule has 0 atom stereocenters. The van der Waals surface area contributed by atoms with Gasteiger partial charge in [0, 0.05) is 10.7 Å². The van der Waals surface area contributed by atoms with E-state index in [4.69, 9.17) is 16.9 Å². The van der Waals surface area contributed by atoms with Crippen molar-refractivity contribution >= 4 is 29.3 Å². The Kier molecular flexibility index (Phi) is 4.87. The van der Waals surface area contributed by atoms with Crippen molar-refractivity contribution in [2.24, 2.45) is 0 Å². The molecular formula is C16H9ClF2N2O. The predicted molar refractivity (Wildman–Crippen MR) is 80.0 cm³/mol. The molecule has 2 aromatic carbocycles. The number of halogens is 3. The molecular weight excluding hydrogens is 310 g/mol. The third-order valence-electron chi connectivity index (χ3n) is 2.72. The zero-order valence-electron chi connectivity index (χ0n) is 11.1. The number of benzene rings is 2. The zero-order chi connectivity index (χ0) is 16.1. The van der Waals surface area contributed by atoms with E-state index in [0.717, 1.165) is 12.1 Å². The molecule has 0 aromatic heterocycles. The van der Waals surface area contributed by atoms with Gasteiger partial charge < -0.3 is 5.32 Å². The number of amides is 1. The van der Waals surface area contributed by atoms with Gasteiger partial charge in [0.05, 0.1) is 0 Å². The van der Waals surface area contributed by atoms with Crippen molar-refractivity contribution in [2.75, 3.05) is 5.32 Å². The summed E-state index contributed by atoms with van der Waals surface area (Å²) in [4.78, 5) is 12.0. The minimum absolute atomic E-state index is 0.210. The molecule has 0 aliphatic heterocycles. The van der Waals surface area contributed by atoms with Crippen LogP contribution in [0.5, 0.6) is 0 Å². The van der Waals surface area contributed by atoms with Crippen molar-refractivity contribution in [3.8, 4) is 6.07 Å². The second-order valence-electron chi connectivity index (χ2n) is 4.30. The van der Waals surface area contributed by atoms with Crippen molar-refractivity contribution < 1.29 is 13.6 Å². The maximum Gasteiger partial charge on any atom is 0.266 e. The second kappa shape index (κ2) is 6.83. The molecule has 6 heteroatoms. The summed E-state index contributed by atoms with van der Waals surface area (Å²) < 4.78 is 26.0. The van der Waals surface area contributed by atoms with E-state index < -0.39 is 17.5 Å². The topological polar surface area (TPSA) is 52.9 Å². The predicted octanol–water partition coefficient (Wildman–Crippen LogP) is 4.16. The Morgan fingerprint density at radius 2 is 1.82 bits per heavy atom. The summed E-state index contributed by atoms with van der Waals surface area (Å²) in [5.74, 6) is -2.71. The maximum atomic E-state index is 13.1. The van der Waals surface area contributed by atoms with Crippen LogP contribution in [0.1, 0.15) is 5.56 Å². The van der Waals surface area contributed by atoms with Gasteiger partial charge in [-0.15, -0.1) is 0 Å². The molecule has 0 saturated heterocycles. The molecule has 1 amide bonds. The molecule has 0 radical (unpaired) electrons. The lowest BCUT2D eigenvalue weighted by molar-refractivity contribution is -0.112. The van der Waals surface area contributed by atoms with Crippen molar-refractivity contribution in [3.05, 3.63) is 70.3 Å². The summed E-state index contributed by atoms with van der Waals surface area (Å²) in [6.07, 6.45) is 1.17. The molecule has 0 aliphatic carbocycles. The van der Waals surface area contributed by atoms with E-state index in [1.807, 2.05) is 0 Å². The fraction of sp³-hybridized carbons (Fsp3) is 0. The van der Waals surface area contributed by atoms with Crippen molar-refractivity contribution in [3.63, 3.8) is 0 Å². The number of nitriles is 1. The van der Waals surface area contributed by atoms with Crippen LogP contribution in [0.3, 0.4) is 0 Å². The molecule has 0 saturated carbocycles. The van der Waals surface area contributed by atoms with Crippen LogP contribution in [0.4, 0.5) is 14.5 Å². The van der Waals surface area contributed by atoms with Gasteiger partial charge in [-0.05, 0) is 48.0 Å². The molecule has 0 unspecified atom stereocenters. The molecule has 2 rings (SSSR count). The highest BCUT2D eigenvalue weighted by atomic mass is 35.5. The summed E-state index contributed by atoms with van der Waals surface area (Å²) in [5.41, 5.74) is 0.434. The van der Waals surface area contributed by atoms with Crippen LogP contribution in [0, 0.1) is 23.0 Å². The lowest BCUT2D eigenvalue weighted by atomic mass is 10.1. The number of hydrogen-bond donors (Lipinski definition) is 1. The number of nitrogens with zero attached hydrogens (tertiary/aromatic N) is 1. The fourth-order valence-electron chi connectivity index (χ4n) is 1.65. The highest BCUT2D eigenvalue weighted by Gasteiger charge is 2.10. The van der Waals surface area contributed by atoms with Gasteiger partial charge in [0.15, 0.2) is 11.6 Å². The van der Waals surface area contributed by atoms with Crippen LogP contribution in [0.15, 0.2) is 48.0 Å². The minimum atomic E-state index is -1.05. The van der Waals surface area contributed by atoms with Crippen LogP contribution >= 0.6 is 11.6 Å². The van der Waals surface area contributed by atoms with Crippen molar-refractivity contribution in [1.29, 1.82) is 5.26 Å². The molecule has 0 bridgehead atoms. The van der Waals surface area contributed by atoms with Crippen molar-refractivity contribution in [2.45, 2.75) is 0 Å². The first-order valence-electron chi connectivity index (χ1n) is 6.13. The zero-order valence-corrected chi connectivity index (χ0v) is 11.9. The third-order valence-corrected chi connectivity index (χ3v) is 2.97. The van der Waals surface area contributed by atoms with Gasteiger partial charge in [-0.2, -0.15) is 5.26 Å². The fourth-order valence-corrected chi connectivity index (χ4v) is 1.78. The van der Waals surface area contributed by atoms with Gasteiger partial charge in [0.1, 0.15) is 11.6 Å². The Hall–Kier alpha value is -2.71. The standard InChI is InChI=1S/C16H9ClF2N2O/c17-12-2-4-13(5-3-12)21-16(22)11(9-20)7-10-1-6-14(18)15(19)8-10/h1-8H,(H,21,22)/b11-7+. The molecule has 22 heavy (non-hydrogen) atoms. The van der Waals surface area contributed by atoms with Crippen LogP contribution < -0.4 is 5.32 Å². The monoisotopic (exact) mass is 318 g/mol. The van der Waals surface area contributed by atoms with Crippen molar-refractivity contribution in [1.82, 2.24) is 0 Å². The van der Waals surface area contributed by atoms with Crippen LogP contribution in [0.2, 0.25) is 5.02 Å². The first-order chi connectivity index (χ1) is 10.5. The second-order valence-corrected chi connectivity index (χ2v) is 4.74. The van der Waals surface area contributed by atoms with E-state index in [-0.39, 0.29) is 11.1 Å². The highest BCUT2D eigenvalue weighted by molar-refractivity contribution is 6.30.